The van der Waals surface area contributed by atoms with E-state index in [4.69, 9.17) is 21.9 Å². The van der Waals surface area contributed by atoms with E-state index in [1.807, 2.05) is 24.3 Å². The predicted octanol–water partition coefficient (Wildman–Crippen LogP) is 3.72. The largest absolute Gasteiger partial charge is 0.375 e. The summed E-state index contributed by atoms with van der Waals surface area (Å²) < 4.78 is 5.16. The minimum Gasteiger partial charge on any atom is -0.375 e. The van der Waals surface area contributed by atoms with E-state index in [2.05, 4.69) is 15.1 Å². The molecule has 1 aromatic carbocycles. The Labute approximate surface area is 128 Å². The lowest BCUT2D eigenvalue weighted by atomic mass is 10.4. The normalized spacial score (nSPS) is 10.8. The van der Waals surface area contributed by atoms with Gasteiger partial charge < -0.3 is 10.3 Å². The van der Waals surface area contributed by atoms with Gasteiger partial charge in [-0.25, -0.2) is 4.98 Å². The lowest BCUT2D eigenvalue weighted by Crippen LogP contribution is -1.85. The number of thiazole rings is 1. The highest BCUT2D eigenvalue weighted by molar-refractivity contribution is 7.98. The number of aromatic nitrogens is 3. The summed E-state index contributed by atoms with van der Waals surface area (Å²) >= 11 is 8.98. The molecule has 0 amide bonds. The van der Waals surface area contributed by atoms with E-state index >= 15 is 0 Å². The van der Waals surface area contributed by atoms with Crippen LogP contribution in [0.4, 0.5) is 5.13 Å². The van der Waals surface area contributed by atoms with E-state index in [0.717, 1.165) is 4.90 Å². The Morgan fingerprint density at radius 3 is 2.90 bits per heavy atom. The number of nitrogens with two attached hydrogens (primary N) is 1. The van der Waals surface area contributed by atoms with Crippen molar-refractivity contribution >= 4 is 39.8 Å². The van der Waals surface area contributed by atoms with Crippen molar-refractivity contribution in [3.8, 4) is 11.6 Å². The van der Waals surface area contributed by atoms with Gasteiger partial charge in [-0.2, -0.15) is 4.98 Å². The van der Waals surface area contributed by atoms with Crippen molar-refractivity contribution in [3.63, 3.8) is 0 Å². The van der Waals surface area contributed by atoms with E-state index in [-0.39, 0.29) is 0 Å². The number of hydrogen-bond donors (Lipinski definition) is 1. The number of halogens is 1. The number of thioether (sulfide) groups is 1. The second kappa shape index (κ2) is 5.82. The van der Waals surface area contributed by atoms with Crippen LogP contribution in [0.5, 0.6) is 0 Å². The summed E-state index contributed by atoms with van der Waals surface area (Å²) in [6, 6.07) is 7.64. The number of rotatable bonds is 4. The van der Waals surface area contributed by atoms with E-state index in [0.29, 0.717) is 33.3 Å². The summed E-state index contributed by atoms with van der Waals surface area (Å²) in [5.41, 5.74) is 6.18. The van der Waals surface area contributed by atoms with Crippen LogP contribution in [0.3, 0.4) is 0 Å². The van der Waals surface area contributed by atoms with Crippen LogP contribution in [0, 0.1) is 0 Å². The molecule has 0 bridgehead atoms. The molecule has 0 unspecified atom stereocenters. The SMILES string of the molecule is Nc1nc(-c2nc(CSc3ccccc3Cl)no2)cs1. The van der Waals surface area contributed by atoms with Crippen LogP contribution in [0.25, 0.3) is 11.6 Å². The average molecular weight is 325 g/mol. The molecule has 3 rings (SSSR count). The molecule has 2 heterocycles. The lowest BCUT2D eigenvalue weighted by Gasteiger charge is -2.00. The standard InChI is InChI=1S/C12H9ClN4OS2/c13-7-3-1-2-4-9(7)19-6-10-16-11(18-17-10)8-5-20-12(14)15-8/h1-5H,6H2,(H2,14,15). The molecule has 0 saturated heterocycles. The van der Waals surface area contributed by atoms with Gasteiger partial charge in [-0.15, -0.1) is 23.1 Å². The molecule has 0 fully saturated rings. The van der Waals surface area contributed by atoms with Crippen LogP contribution in [-0.2, 0) is 5.75 Å². The van der Waals surface area contributed by atoms with Gasteiger partial charge in [0.2, 0.25) is 0 Å². The molecule has 0 radical (unpaired) electrons. The molecule has 8 heteroatoms. The molecule has 3 aromatic rings. The van der Waals surface area contributed by atoms with Crippen LogP contribution >= 0.6 is 34.7 Å². The lowest BCUT2D eigenvalue weighted by molar-refractivity contribution is 0.424. The highest BCUT2D eigenvalue weighted by atomic mass is 35.5. The second-order valence-corrected chi connectivity index (χ2v) is 6.12. The summed E-state index contributed by atoms with van der Waals surface area (Å²) in [6.45, 7) is 0. The monoisotopic (exact) mass is 324 g/mol. The highest BCUT2D eigenvalue weighted by Crippen LogP contribution is 2.29. The zero-order valence-electron chi connectivity index (χ0n) is 10.1. The van der Waals surface area contributed by atoms with E-state index in [9.17, 15) is 0 Å². The first-order valence-corrected chi connectivity index (χ1v) is 7.88. The minimum atomic E-state index is 0.382. The molecule has 102 valence electrons. The molecule has 2 aromatic heterocycles. The Kier molecular flexibility index (Phi) is 3.90. The van der Waals surface area contributed by atoms with Gasteiger partial charge in [-0.05, 0) is 12.1 Å². The summed E-state index contributed by atoms with van der Waals surface area (Å²) in [5, 5.41) is 6.90. The van der Waals surface area contributed by atoms with Crippen molar-refractivity contribution in [1.82, 2.24) is 15.1 Å². The molecule has 20 heavy (non-hydrogen) atoms. The summed E-state index contributed by atoms with van der Waals surface area (Å²) in [7, 11) is 0. The maximum atomic E-state index is 6.09. The predicted molar refractivity (Wildman–Crippen MR) is 80.8 cm³/mol. The number of anilines is 1. The van der Waals surface area contributed by atoms with Gasteiger partial charge >= 0.3 is 0 Å². The summed E-state index contributed by atoms with van der Waals surface area (Å²) in [5.74, 6) is 1.55. The van der Waals surface area contributed by atoms with Gasteiger partial charge in [-0.1, -0.05) is 28.9 Å². The third-order valence-corrected chi connectivity index (χ3v) is 4.59. The fourth-order valence-corrected chi connectivity index (χ4v) is 3.13. The molecule has 0 spiro atoms. The third-order valence-electron chi connectivity index (χ3n) is 2.40. The van der Waals surface area contributed by atoms with Crippen molar-refractivity contribution in [2.24, 2.45) is 0 Å². The number of nitrogens with zero attached hydrogens (tertiary/aromatic N) is 3. The van der Waals surface area contributed by atoms with E-state index in [1.54, 1.807) is 17.1 Å². The van der Waals surface area contributed by atoms with Crippen LogP contribution < -0.4 is 5.73 Å². The Hall–Kier alpha value is -1.57. The third kappa shape index (κ3) is 2.95. The number of hydrogen-bond acceptors (Lipinski definition) is 7. The molecule has 0 atom stereocenters. The molecular weight excluding hydrogens is 316 g/mol. The highest BCUT2D eigenvalue weighted by Gasteiger charge is 2.12. The Morgan fingerprint density at radius 2 is 2.15 bits per heavy atom. The van der Waals surface area contributed by atoms with Crippen LogP contribution in [0.15, 0.2) is 39.1 Å². The topological polar surface area (TPSA) is 77.8 Å². The van der Waals surface area contributed by atoms with Gasteiger partial charge in [0.1, 0.15) is 5.69 Å². The smallest absolute Gasteiger partial charge is 0.277 e. The Balaban J connectivity index is 1.70. The molecule has 0 aliphatic carbocycles. The van der Waals surface area contributed by atoms with Gasteiger partial charge in [0.25, 0.3) is 5.89 Å². The number of nitrogen functional groups attached to an aromatic ring is 1. The van der Waals surface area contributed by atoms with Crippen molar-refractivity contribution in [1.29, 1.82) is 0 Å². The first-order valence-electron chi connectivity index (χ1n) is 5.63. The Morgan fingerprint density at radius 1 is 1.30 bits per heavy atom. The molecule has 0 aliphatic rings. The molecule has 0 aliphatic heterocycles. The van der Waals surface area contributed by atoms with Gasteiger partial charge in [-0.3, -0.25) is 0 Å². The first-order chi connectivity index (χ1) is 9.72. The van der Waals surface area contributed by atoms with Crippen LogP contribution in [0.2, 0.25) is 5.02 Å². The zero-order valence-corrected chi connectivity index (χ0v) is 12.5. The average Bonchev–Trinajstić information content (AvgIpc) is 3.06. The van der Waals surface area contributed by atoms with Gasteiger partial charge in [0.15, 0.2) is 11.0 Å². The van der Waals surface area contributed by atoms with Crippen molar-refractivity contribution in [2.45, 2.75) is 10.6 Å². The quantitative estimate of drug-likeness (QED) is 0.737. The fraction of sp³-hybridized carbons (Fsp3) is 0.0833. The van der Waals surface area contributed by atoms with Crippen molar-refractivity contribution < 1.29 is 4.52 Å². The van der Waals surface area contributed by atoms with Crippen LogP contribution in [0.1, 0.15) is 5.82 Å². The Bertz CT molecular complexity index is 728. The van der Waals surface area contributed by atoms with E-state index < -0.39 is 0 Å². The number of benzene rings is 1. The first kappa shape index (κ1) is 13.4. The van der Waals surface area contributed by atoms with Gasteiger partial charge in [0, 0.05) is 10.3 Å². The molecule has 0 saturated carbocycles. The van der Waals surface area contributed by atoms with Crippen molar-refractivity contribution in [2.75, 3.05) is 5.73 Å². The van der Waals surface area contributed by atoms with Gasteiger partial charge in [0.05, 0.1) is 10.8 Å². The maximum absolute atomic E-state index is 6.09. The second-order valence-electron chi connectivity index (χ2n) is 3.81. The summed E-state index contributed by atoms with van der Waals surface area (Å²) in [6.07, 6.45) is 0. The van der Waals surface area contributed by atoms with Crippen molar-refractivity contribution in [3.05, 3.63) is 40.5 Å². The maximum Gasteiger partial charge on any atom is 0.277 e. The minimum absolute atomic E-state index is 0.382. The van der Waals surface area contributed by atoms with Crippen LogP contribution in [-0.4, -0.2) is 15.1 Å². The molecular formula is C12H9ClN4OS2. The zero-order chi connectivity index (χ0) is 13.9. The fourth-order valence-electron chi connectivity index (χ4n) is 1.51. The molecule has 2 N–H and O–H groups in total. The summed E-state index contributed by atoms with van der Waals surface area (Å²) in [4.78, 5) is 9.37. The van der Waals surface area contributed by atoms with E-state index in [1.165, 1.54) is 11.3 Å². The molecule has 5 nitrogen and oxygen atoms in total.